The fourth-order valence-corrected chi connectivity index (χ4v) is 1.07. The van der Waals surface area contributed by atoms with Gasteiger partial charge in [-0.25, -0.2) is 4.39 Å². The van der Waals surface area contributed by atoms with Crippen LogP contribution in [0.5, 0.6) is 0 Å². The van der Waals surface area contributed by atoms with Crippen LogP contribution >= 0.6 is 11.6 Å². The van der Waals surface area contributed by atoms with Crippen molar-refractivity contribution in [3.05, 3.63) is 34.9 Å². The molecule has 0 fully saturated rings. The van der Waals surface area contributed by atoms with E-state index >= 15 is 0 Å². The van der Waals surface area contributed by atoms with Gasteiger partial charge < -0.3 is 5.73 Å². The van der Waals surface area contributed by atoms with Gasteiger partial charge in [0, 0.05) is 10.6 Å². The first kappa shape index (κ1) is 9.00. The molecule has 0 bridgehead atoms. The van der Waals surface area contributed by atoms with Gasteiger partial charge in [0.2, 0.25) is 6.17 Å². The molecule has 0 aliphatic rings. The van der Waals surface area contributed by atoms with Gasteiger partial charge in [-0.2, -0.15) is 0 Å². The molecule has 1 unspecified atom stereocenters. The molecule has 2 N–H and O–H groups in total. The summed E-state index contributed by atoms with van der Waals surface area (Å²) in [5.74, 6) is -1.02. The average molecular weight is 188 g/mol. The molecule has 0 aliphatic heterocycles. The normalized spacial score (nSPS) is 12.5. The van der Waals surface area contributed by atoms with Crippen molar-refractivity contribution in [3.8, 4) is 0 Å². The molecule has 2 nitrogen and oxygen atoms in total. The van der Waals surface area contributed by atoms with Crippen LogP contribution in [0.1, 0.15) is 11.7 Å². The zero-order valence-corrected chi connectivity index (χ0v) is 6.88. The van der Waals surface area contributed by atoms with Gasteiger partial charge in [-0.3, -0.25) is 4.79 Å². The van der Waals surface area contributed by atoms with E-state index in [1.165, 1.54) is 12.1 Å². The first-order valence-corrected chi connectivity index (χ1v) is 3.68. The van der Waals surface area contributed by atoms with Crippen LogP contribution in [-0.4, -0.2) is 5.91 Å². The van der Waals surface area contributed by atoms with Crippen LogP contribution < -0.4 is 5.73 Å². The fraction of sp³-hybridized carbons (Fsp3) is 0.125. The molecule has 4 heteroatoms. The highest BCUT2D eigenvalue weighted by atomic mass is 35.5. The van der Waals surface area contributed by atoms with Gasteiger partial charge >= 0.3 is 0 Å². The molecule has 1 aromatic carbocycles. The molecule has 0 heterocycles. The number of halogens is 2. The van der Waals surface area contributed by atoms with Crippen molar-refractivity contribution >= 4 is 17.5 Å². The lowest BCUT2D eigenvalue weighted by atomic mass is 10.1. The van der Waals surface area contributed by atoms with Crippen molar-refractivity contribution in [2.75, 3.05) is 0 Å². The minimum absolute atomic E-state index is 0.117. The number of hydrogen-bond acceptors (Lipinski definition) is 1. The number of benzene rings is 1. The molecular formula is C8H7ClFNO. The summed E-state index contributed by atoms with van der Waals surface area (Å²) in [4.78, 5) is 10.4. The Morgan fingerprint density at radius 1 is 1.50 bits per heavy atom. The second kappa shape index (κ2) is 3.54. The molecule has 12 heavy (non-hydrogen) atoms. The summed E-state index contributed by atoms with van der Waals surface area (Å²) in [6, 6.07) is 6.18. The molecule has 0 aromatic heterocycles. The summed E-state index contributed by atoms with van der Waals surface area (Å²) in [5.41, 5.74) is 4.88. The molecule has 0 radical (unpaired) electrons. The number of hydrogen-bond donors (Lipinski definition) is 1. The van der Waals surface area contributed by atoms with Crippen molar-refractivity contribution in [3.63, 3.8) is 0 Å². The van der Waals surface area contributed by atoms with Gasteiger partial charge in [-0.15, -0.1) is 0 Å². The van der Waals surface area contributed by atoms with Crippen LogP contribution in [0.25, 0.3) is 0 Å². The van der Waals surface area contributed by atoms with E-state index < -0.39 is 12.1 Å². The van der Waals surface area contributed by atoms with Crippen molar-refractivity contribution in [2.24, 2.45) is 5.73 Å². The first-order valence-electron chi connectivity index (χ1n) is 3.30. The Morgan fingerprint density at radius 2 is 2.08 bits per heavy atom. The Balaban J connectivity index is 3.02. The fourth-order valence-electron chi connectivity index (χ4n) is 0.834. The minimum Gasteiger partial charge on any atom is -0.367 e. The lowest BCUT2D eigenvalue weighted by Gasteiger charge is -2.05. The molecule has 0 saturated carbocycles. The number of carbonyl (C=O) groups is 1. The van der Waals surface area contributed by atoms with E-state index in [0.29, 0.717) is 0 Å². The van der Waals surface area contributed by atoms with Gasteiger partial charge in [-0.1, -0.05) is 29.8 Å². The molecular weight excluding hydrogens is 181 g/mol. The van der Waals surface area contributed by atoms with E-state index in [-0.39, 0.29) is 10.6 Å². The van der Waals surface area contributed by atoms with E-state index in [9.17, 15) is 9.18 Å². The Morgan fingerprint density at radius 3 is 2.58 bits per heavy atom. The highest BCUT2D eigenvalue weighted by Crippen LogP contribution is 2.24. The SMILES string of the molecule is NC(=O)C(F)c1ccccc1Cl. The predicted molar refractivity (Wildman–Crippen MR) is 44.5 cm³/mol. The molecule has 0 aliphatic carbocycles. The van der Waals surface area contributed by atoms with E-state index in [4.69, 9.17) is 17.3 Å². The molecule has 64 valence electrons. The third kappa shape index (κ3) is 1.74. The van der Waals surface area contributed by atoms with Crippen molar-refractivity contribution < 1.29 is 9.18 Å². The predicted octanol–water partition coefficient (Wildman–Crippen LogP) is 1.84. The smallest absolute Gasteiger partial charge is 0.256 e. The summed E-state index contributed by atoms with van der Waals surface area (Å²) >= 11 is 5.62. The first-order chi connectivity index (χ1) is 5.63. The third-order valence-electron chi connectivity index (χ3n) is 1.43. The van der Waals surface area contributed by atoms with E-state index in [0.717, 1.165) is 0 Å². The van der Waals surface area contributed by atoms with Gasteiger partial charge in [0.05, 0.1) is 0 Å². The number of carbonyl (C=O) groups excluding carboxylic acids is 1. The number of primary amides is 1. The second-order valence-electron chi connectivity index (χ2n) is 2.29. The van der Waals surface area contributed by atoms with Crippen LogP contribution in [0.3, 0.4) is 0 Å². The Labute approximate surface area is 74.1 Å². The zero-order chi connectivity index (χ0) is 9.14. The van der Waals surface area contributed by atoms with Gasteiger partial charge in [0.15, 0.2) is 0 Å². The molecule has 1 atom stereocenters. The Kier molecular flexibility index (Phi) is 2.65. The van der Waals surface area contributed by atoms with Gasteiger partial charge in [0.25, 0.3) is 5.91 Å². The van der Waals surface area contributed by atoms with Crippen LogP contribution in [-0.2, 0) is 4.79 Å². The zero-order valence-electron chi connectivity index (χ0n) is 6.13. The maximum absolute atomic E-state index is 13.0. The van der Waals surface area contributed by atoms with Crippen LogP contribution in [0, 0.1) is 0 Å². The topological polar surface area (TPSA) is 43.1 Å². The summed E-state index contributed by atoms with van der Waals surface area (Å²) < 4.78 is 13.0. The lowest BCUT2D eigenvalue weighted by molar-refractivity contribution is -0.122. The van der Waals surface area contributed by atoms with E-state index in [1.54, 1.807) is 12.1 Å². The summed E-state index contributed by atoms with van der Waals surface area (Å²) in [5, 5.41) is 0.212. The molecule has 0 spiro atoms. The summed E-state index contributed by atoms with van der Waals surface area (Å²) in [6.45, 7) is 0. The van der Waals surface area contributed by atoms with E-state index in [1.807, 2.05) is 0 Å². The standard InChI is InChI=1S/C8H7ClFNO/c9-6-4-2-1-3-5(6)7(10)8(11)12/h1-4,7H,(H2,11,12). The van der Waals surface area contributed by atoms with Crippen molar-refractivity contribution in [1.29, 1.82) is 0 Å². The molecule has 1 rings (SSSR count). The highest BCUT2D eigenvalue weighted by Gasteiger charge is 2.18. The number of rotatable bonds is 2. The Bertz CT molecular complexity index is 303. The van der Waals surface area contributed by atoms with Crippen molar-refractivity contribution in [2.45, 2.75) is 6.17 Å². The summed E-state index contributed by atoms with van der Waals surface area (Å²) in [7, 11) is 0. The average Bonchev–Trinajstić information content (AvgIpc) is 2.04. The lowest BCUT2D eigenvalue weighted by Crippen LogP contribution is -2.17. The molecule has 1 amide bonds. The largest absolute Gasteiger partial charge is 0.367 e. The molecule has 1 aromatic rings. The van der Waals surface area contributed by atoms with Crippen LogP contribution in [0.15, 0.2) is 24.3 Å². The third-order valence-corrected chi connectivity index (χ3v) is 1.77. The van der Waals surface area contributed by atoms with Gasteiger partial charge in [0.1, 0.15) is 0 Å². The number of alkyl halides is 1. The Hall–Kier alpha value is -1.09. The highest BCUT2D eigenvalue weighted by molar-refractivity contribution is 6.31. The van der Waals surface area contributed by atoms with Crippen molar-refractivity contribution in [1.82, 2.24) is 0 Å². The number of amides is 1. The van der Waals surface area contributed by atoms with Crippen LogP contribution in [0.4, 0.5) is 4.39 Å². The van der Waals surface area contributed by atoms with E-state index in [2.05, 4.69) is 0 Å². The maximum Gasteiger partial charge on any atom is 0.256 e. The quantitative estimate of drug-likeness (QED) is 0.754. The maximum atomic E-state index is 13.0. The summed E-state index contributed by atoms with van der Waals surface area (Å²) in [6.07, 6.45) is -1.82. The minimum atomic E-state index is -1.82. The monoisotopic (exact) mass is 187 g/mol. The molecule has 0 saturated heterocycles. The second-order valence-corrected chi connectivity index (χ2v) is 2.69. The van der Waals surface area contributed by atoms with Gasteiger partial charge in [-0.05, 0) is 6.07 Å². The number of nitrogens with two attached hydrogens (primary N) is 1. The van der Waals surface area contributed by atoms with Crippen LogP contribution in [0.2, 0.25) is 5.02 Å².